The van der Waals surface area contributed by atoms with Crippen molar-refractivity contribution in [2.45, 2.75) is 19.4 Å². The quantitative estimate of drug-likeness (QED) is 0.671. The normalized spacial score (nSPS) is 10.4. The highest BCUT2D eigenvalue weighted by Gasteiger charge is 2.10. The van der Waals surface area contributed by atoms with E-state index in [-0.39, 0.29) is 5.91 Å². The zero-order valence-corrected chi connectivity index (χ0v) is 15.5. The van der Waals surface area contributed by atoms with E-state index in [2.05, 4.69) is 20.2 Å². The minimum Gasteiger partial charge on any atom is -0.359 e. The molecule has 5 heteroatoms. The third-order valence-corrected chi connectivity index (χ3v) is 4.34. The van der Waals surface area contributed by atoms with Gasteiger partial charge >= 0.3 is 0 Å². The van der Waals surface area contributed by atoms with Gasteiger partial charge in [-0.15, -0.1) is 0 Å². The van der Waals surface area contributed by atoms with Gasteiger partial charge in [0, 0.05) is 50.2 Å². The molecule has 0 aliphatic heterocycles. The SMILES string of the molecule is CN(CCc1ccccn1)c1ncccc1CNC(=O)Cc1ccccc1. The Morgan fingerprint density at radius 2 is 1.74 bits per heavy atom. The first kappa shape index (κ1) is 18.6. The van der Waals surface area contributed by atoms with Crippen LogP contribution in [0.25, 0.3) is 0 Å². The Balaban J connectivity index is 1.57. The van der Waals surface area contributed by atoms with Gasteiger partial charge in [0.15, 0.2) is 0 Å². The summed E-state index contributed by atoms with van der Waals surface area (Å²) in [5, 5.41) is 3.00. The molecule has 138 valence electrons. The van der Waals surface area contributed by atoms with Gasteiger partial charge in [0.1, 0.15) is 5.82 Å². The van der Waals surface area contributed by atoms with Crippen molar-refractivity contribution in [2.24, 2.45) is 0 Å². The van der Waals surface area contributed by atoms with Gasteiger partial charge in [-0.25, -0.2) is 4.98 Å². The first-order chi connectivity index (χ1) is 13.2. The average Bonchev–Trinajstić information content (AvgIpc) is 2.72. The first-order valence-electron chi connectivity index (χ1n) is 9.08. The van der Waals surface area contributed by atoms with E-state index in [1.165, 1.54) is 0 Å². The molecule has 1 aromatic carbocycles. The summed E-state index contributed by atoms with van der Waals surface area (Å²) in [5.74, 6) is 0.889. The van der Waals surface area contributed by atoms with Crippen LogP contribution < -0.4 is 10.2 Å². The number of likely N-dealkylation sites (N-methyl/N-ethyl adjacent to an activating group) is 1. The van der Waals surface area contributed by atoms with Crippen LogP contribution in [0.4, 0.5) is 5.82 Å². The second kappa shape index (κ2) is 9.48. The second-order valence-electron chi connectivity index (χ2n) is 6.42. The molecule has 0 fully saturated rings. The Hall–Kier alpha value is -3.21. The number of rotatable bonds is 8. The van der Waals surface area contributed by atoms with Gasteiger partial charge in [0.2, 0.25) is 5.91 Å². The summed E-state index contributed by atoms with van der Waals surface area (Å²) in [6.45, 7) is 1.27. The molecule has 0 radical (unpaired) electrons. The van der Waals surface area contributed by atoms with Crippen LogP contribution in [0.15, 0.2) is 73.1 Å². The highest BCUT2D eigenvalue weighted by Crippen LogP contribution is 2.16. The molecule has 0 saturated carbocycles. The minimum atomic E-state index is 0.00661. The van der Waals surface area contributed by atoms with E-state index >= 15 is 0 Å². The number of carbonyl (C=O) groups is 1. The number of carbonyl (C=O) groups excluding carboxylic acids is 1. The molecular formula is C22H24N4O. The van der Waals surface area contributed by atoms with Crippen molar-refractivity contribution in [3.05, 3.63) is 89.9 Å². The van der Waals surface area contributed by atoms with E-state index < -0.39 is 0 Å². The van der Waals surface area contributed by atoms with Crippen molar-refractivity contribution in [2.75, 3.05) is 18.5 Å². The van der Waals surface area contributed by atoms with Crippen LogP contribution in [-0.2, 0) is 24.2 Å². The molecule has 0 aliphatic carbocycles. The largest absolute Gasteiger partial charge is 0.359 e. The van der Waals surface area contributed by atoms with Gasteiger partial charge in [-0.2, -0.15) is 0 Å². The van der Waals surface area contributed by atoms with E-state index in [1.54, 1.807) is 6.20 Å². The topological polar surface area (TPSA) is 58.1 Å². The lowest BCUT2D eigenvalue weighted by Gasteiger charge is -2.21. The molecule has 0 bridgehead atoms. The maximum atomic E-state index is 12.2. The monoisotopic (exact) mass is 360 g/mol. The molecule has 0 saturated heterocycles. The minimum absolute atomic E-state index is 0.00661. The predicted octanol–water partition coefficient (Wildman–Crippen LogP) is 3.01. The number of aromatic nitrogens is 2. The van der Waals surface area contributed by atoms with Crippen molar-refractivity contribution in [3.63, 3.8) is 0 Å². The highest BCUT2D eigenvalue weighted by molar-refractivity contribution is 5.78. The first-order valence-corrected chi connectivity index (χ1v) is 9.08. The Morgan fingerprint density at radius 1 is 0.963 bits per heavy atom. The standard InChI is InChI=1S/C22H24N4O/c1-26(15-12-20-11-5-6-13-23-20)22-19(10-7-14-24-22)17-25-21(27)16-18-8-3-2-4-9-18/h2-11,13-14H,12,15-17H2,1H3,(H,25,27). The van der Waals surface area contributed by atoms with Gasteiger partial charge in [-0.05, 0) is 23.8 Å². The summed E-state index contributed by atoms with van der Waals surface area (Å²) in [6.07, 6.45) is 4.81. The van der Waals surface area contributed by atoms with Crippen molar-refractivity contribution in [3.8, 4) is 0 Å². The van der Waals surface area contributed by atoms with Crippen LogP contribution in [0.3, 0.4) is 0 Å². The smallest absolute Gasteiger partial charge is 0.224 e. The highest BCUT2D eigenvalue weighted by atomic mass is 16.1. The van der Waals surface area contributed by atoms with Gasteiger partial charge in [0.25, 0.3) is 0 Å². The Morgan fingerprint density at radius 3 is 2.52 bits per heavy atom. The van der Waals surface area contributed by atoms with Crippen molar-refractivity contribution >= 4 is 11.7 Å². The molecule has 5 nitrogen and oxygen atoms in total. The van der Waals surface area contributed by atoms with Crippen LogP contribution in [0.1, 0.15) is 16.8 Å². The fourth-order valence-corrected chi connectivity index (χ4v) is 2.88. The van der Waals surface area contributed by atoms with Gasteiger partial charge in [-0.3, -0.25) is 9.78 Å². The molecule has 0 atom stereocenters. The number of amides is 1. The number of nitrogens with zero attached hydrogens (tertiary/aromatic N) is 3. The van der Waals surface area contributed by atoms with Gasteiger partial charge < -0.3 is 10.2 Å². The molecule has 0 aliphatic rings. The zero-order valence-electron chi connectivity index (χ0n) is 15.5. The third-order valence-electron chi connectivity index (χ3n) is 4.34. The van der Waals surface area contributed by atoms with E-state index in [4.69, 9.17) is 0 Å². The number of hydrogen-bond acceptors (Lipinski definition) is 4. The van der Waals surface area contributed by atoms with Crippen molar-refractivity contribution in [1.29, 1.82) is 0 Å². The summed E-state index contributed by atoms with van der Waals surface area (Å²) in [5.41, 5.74) is 3.06. The summed E-state index contributed by atoms with van der Waals surface area (Å²) in [4.78, 5) is 23.2. The lowest BCUT2D eigenvalue weighted by molar-refractivity contribution is -0.120. The molecule has 2 aromatic heterocycles. The summed E-state index contributed by atoms with van der Waals surface area (Å²) < 4.78 is 0. The molecule has 2 heterocycles. The lowest BCUT2D eigenvalue weighted by atomic mass is 10.1. The summed E-state index contributed by atoms with van der Waals surface area (Å²) in [7, 11) is 2.01. The number of nitrogens with one attached hydrogen (secondary N) is 1. The van der Waals surface area contributed by atoms with E-state index in [0.29, 0.717) is 13.0 Å². The molecule has 0 spiro atoms. The van der Waals surface area contributed by atoms with Crippen molar-refractivity contribution in [1.82, 2.24) is 15.3 Å². The van der Waals surface area contributed by atoms with Crippen LogP contribution in [0, 0.1) is 0 Å². The fourth-order valence-electron chi connectivity index (χ4n) is 2.88. The van der Waals surface area contributed by atoms with E-state index in [9.17, 15) is 4.79 Å². The van der Waals surface area contributed by atoms with Crippen LogP contribution >= 0.6 is 0 Å². The van der Waals surface area contributed by atoms with Crippen LogP contribution in [0.5, 0.6) is 0 Å². The predicted molar refractivity (Wildman–Crippen MR) is 107 cm³/mol. The number of pyridine rings is 2. The summed E-state index contributed by atoms with van der Waals surface area (Å²) >= 11 is 0. The Labute approximate surface area is 160 Å². The second-order valence-corrected chi connectivity index (χ2v) is 6.42. The van der Waals surface area contributed by atoms with Crippen LogP contribution in [-0.4, -0.2) is 29.5 Å². The van der Waals surface area contributed by atoms with Crippen LogP contribution in [0.2, 0.25) is 0 Å². The molecule has 1 N–H and O–H groups in total. The third kappa shape index (κ3) is 5.64. The number of benzene rings is 1. The summed E-state index contributed by atoms with van der Waals surface area (Å²) in [6, 6.07) is 19.6. The Bertz CT molecular complexity index is 852. The molecule has 3 rings (SSSR count). The van der Waals surface area contributed by atoms with Gasteiger partial charge in [0.05, 0.1) is 6.42 Å². The molecule has 1 amide bonds. The zero-order chi connectivity index (χ0) is 18.9. The van der Waals surface area contributed by atoms with Gasteiger partial charge in [-0.1, -0.05) is 42.5 Å². The Kier molecular flexibility index (Phi) is 6.52. The maximum absolute atomic E-state index is 12.2. The molecular weight excluding hydrogens is 336 g/mol. The molecule has 27 heavy (non-hydrogen) atoms. The van der Waals surface area contributed by atoms with E-state index in [1.807, 2.05) is 73.9 Å². The maximum Gasteiger partial charge on any atom is 0.224 e. The number of hydrogen-bond donors (Lipinski definition) is 1. The van der Waals surface area contributed by atoms with E-state index in [0.717, 1.165) is 35.6 Å². The lowest BCUT2D eigenvalue weighted by Crippen LogP contribution is -2.27. The van der Waals surface area contributed by atoms with Crippen molar-refractivity contribution < 1.29 is 4.79 Å². The molecule has 3 aromatic rings. The number of anilines is 1. The molecule has 0 unspecified atom stereocenters. The fraction of sp³-hybridized carbons (Fsp3) is 0.227. The average molecular weight is 360 g/mol.